The summed E-state index contributed by atoms with van der Waals surface area (Å²) in [6, 6.07) is 19.3. The van der Waals surface area contributed by atoms with Crippen molar-refractivity contribution in [3.8, 4) is 0 Å². The molecule has 0 unspecified atom stereocenters. The van der Waals surface area contributed by atoms with Gasteiger partial charge in [-0.1, -0.05) is 54.6 Å². The van der Waals surface area contributed by atoms with Gasteiger partial charge in [0.1, 0.15) is 0 Å². The summed E-state index contributed by atoms with van der Waals surface area (Å²) in [5.41, 5.74) is 3.88. The van der Waals surface area contributed by atoms with Gasteiger partial charge < -0.3 is 15.5 Å². The molecule has 30 heavy (non-hydrogen) atoms. The quantitative estimate of drug-likeness (QED) is 0.332. The van der Waals surface area contributed by atoms with E-state index in [4.69, 9.17) is 4.99 Å². The fraction of sp³-hybridized carbons (Fsp3) is 0.458. The first-order valence-corrected chi connectivity index (χ1v) is 10.8. The minimum absolute atomic E-state index is 0. The second-order valence-corrected chi connectivity index (χ2v) is 7.78. The molecule has 1 heterocycles. The van der Waals surface area contributed by atoms with Crippen molar-refractivity contribution in [2.24, 2.45) is 4.99 Å². The van der Waals surface area contributed by atoms with Gasteiger partial charge in [0.25, 0.3) is 0 Å². The molecule has 1 fully saturated rings. The molecular formula is C24H36IN5. The van der Waals surface area contributed by atoms with Crippen LogP contribution in [0.4, 0.5) is 0 Å². The second-order valence-electron chi connectivity index (χ2n) is 7.78. The maximum atomic E-state index is 4.69. The molecule has 0 saturated carbocycles. The fourth-order valence-electron chi connectivity index (χ4n) is 3.56. The lowest BCUT2D eigenvalue weighted by atomic mass is 10.1. The van der Waals surface area contributed by atoms with Gasteiger partial charge in [-0.15, -0.1) is 24.0 Å². The predicted octanol–water partition coefficient (Wildman–Crippen LogP) is 3.70. The molecule has 1 aliphatic rings. The van der Waals surface area contributed by atoms with Crippen molar-refractivity contribution in [1.82, 2.24) is 20.4 Å². The van der Waals surface area contributed by atoms with Crippen molar-refractivity contribution in [1.29, 1.82) is 0 Å². The van der Waals surface area contributed by atoms with Crippen molar-refractivity contribution in [3.63, 3.8) is 0 Å². The maximum Gasteiger partial charge on any atom is 0.191 e. The number of nitrogens with zero attached hydrogens (tertiary/aromatic N) is 3. The zero-order valence-electron chi connectivity index (χ0n) is 18.3. The zero-order chi connectivity index (χ0) is 20.3. The molecule has 2 aromatic rings. The van der Waals surface area contributed by atoms with Gasteiger partial charge in [-0.25, -0.2) is 4.99 Å². The Morgan fingerprint density at radius 3 is 2.33 bits per heavy atom. The van der Waals surface area contributed by atoms with Gasteiger partial charge in [0.2, 0.25) is 0 Å². The first kappa shape index (κ1) is 24.6. The number of benzene rings is 2. The van der Waals surface area contributed by atoms with E-state index in [1.165, 1.54) is 36.2 Å². The van der Waals surface area contributed by atoms with Crippen LogP contribution in [0.1, 0.15) is 30.0 Å². The minimum Gasteiger partial charge on any atom is -0.357 e. The number of hydrogen-bond acceptors (Lipinski definition) is 3. The van der Waals surface area contributed by atoms with E-state index in [9.17, 15) is 0 Å². The van der Waals surface area contributed by atoms with E-state index in [1.54, 1.807) is 0 Å². The largest absolute Gasteiger partial charge is 0.357 e. The van der Waals surface area contributed by atoms with Crippen molar-refractivity contribution in [2.45, 2.75) is 33.0 Å². The highest BCUT2D eigenvalue weighted by Crippen LogP contribution is 2.10. The Morgan fingerprint density at radius 1 is 0.867 bits per heavy atom. The number of nitrogens with one attached hydrogen (secondary N) is 2. The summed E-state index contributed by atoms with van der Waals surface area (Å²) in [5, 5.41) is 6.77. The highest BCUT2D eigenvalue weighted by atomic mass is 127. The average Bonchev–Trinajstić information content (AvgIpc) is 2.96. The molecule has 164 valence electrons. The van der Waals surface area contributed by atoms with E-state index in [2.05, 4.69) is 82.9 Å². The second kappa shape index (κ2) is 13.6. The molecule has 1 saturated heterocycles. The highest BCUT2D eigenvalue weighted by molar-refractivity contribution is 14.0. The van der Waals surface area contributed by atoms with Gasteiger partial charge in [-0.3, -0.25) is 4.90 Å². The first-order valence-electron chi connectivity index (χ1n) is 10.8. The van der Waals surface area contributed by atoms with Crippen LogP contribution in [0.2, 0.25) is 0 Å². The van der Waals surface area contributed by atoms with Crippen LogP contribution in [0, 0.1) is 0 Å². The molecule has 3 rings (SSSR count). The number of hydrogen-bond donors (Lipinski definition) is 2. The molecule has 2 aromatic carbocycles. The molecule has 0 bridgehead atoms. The third-order valence-electron chi connectivity index (χ3n) is 5.31. The molecule has 0 aliphatic carbocycles. The van der Waals surface area contributed by atoms with E-state index < -0.39 is 0 Å². The number of aliphatic imine (C=N–C) groups is 1. The van der Waals surface area contributed by atoms with Crippen LogP contribution in [-0.2, 0) is 19.6 Å². The highest BCUT2D eigenvalue weighted by Gasteiger charge is 2.12. The third-order valence-corrected chi connectivity index (χ3v) is 5.31. The minimum atomic E-state index is 0. The summed E-state index contributed by atoms with van der Waals surface area (Å²) >= 11 is 0. The molecule has 0 atom stereocenters. The maximum absolute atomic E-state index is 4.69. The Labute approximate surface area is 199 Å². The average molecular weight is 521 g/mol. The topological polar surface area (TPSA) is 42.9 Å². The summed E-state index contributed by atoms with van der Waals surface area (Å²) < 4.78 is 0. The molecule has 1 aliphatic heterocycles. The van der Waals surface area contributed by atoms with Crippen molar-refractivity contribution >= 4 is 29.9 Å². The van der Waals surface area contributed by atoms with E-state index in [-0.39, 0.29) is 24.0 Å². The molecule has 0 radical (unpaired) electrons. The Morgan fingerprint density at radius 2 is 1.60 bits per heavy atom. The fourth-order valence-corrected chi connectivity index (χ4v) is 3.56. The monoisotopic (exact) mass is 521 g/mol. The van der Waals surface area contributed by atoms with Gasteiger partial charge >= 0.3 is 0 Å². The van der Waals surface area contributed by atoms with Crippen LogP contribution in [0.25, 0.3) is 0 Å². The summed E-state index contributed by atoms with van der Waals surface area (Å²) in [4.78, 5) is 9.68. The normalized spacial score (nSPS) is 15.9. The van der Waals surface area contributed by atoms with Crippen LogP contribution in [-0.4, -0.2) is 55.5 Å². The predicted molar refractivity (Wildman–Crippen MR) is 137 cm³/mol. The smallest absolute Gasteiger partial charge is 0.191 e. The Bertz CT molecular complexity index is 748. The lowest BCUT2D eigenvalue weighted by molar-refractivity contribution is 0.269. The molecule has 2 N–H and O–H groups in total. The molecule has 0 spiro atoms. The van der Waals surface area contributed by atoms with Crippen LogP contribution < -0.4 is 10.6 Å². The first-order chi connectivity index (χ1) is 14.2. The summed E-state index contributed by atoms with van der Waals surface area (Å²) in [6.45, 7) is 10.2. The molecule has 6 heteroatoms. The van der Waals surface area contributed by atoms with Crippen molar-refractivity contribution in [3.05, 3.63) is 71.3 Å². The molecule has 0 aromatic heterocycles. The molecule has 5 nitrogen and oxygen atoms in total. The standard InChI is InChI=1S/C24H35N5.HI/c1-3-25-24(26-18-21-8-5-4-6-9-21)27-19-22-10-12-23(13-11-22)20-29-15-7-14-28(2)16-17-29;/h4-6,8-13H,3,7,14-20H2,1-2H3,(H2,25,26,27);1H. The van der Waals surface area contributed by atoms with Crippen LogP contribution in [0.15, 0.2) is 59.6 Å². The number of likely N-dealkylation sites (N-methyl/N-ethyl adjacent to an activating group) is 1. The van der Waals surface area contributed by atoms with Crippen molar-refractivity contribution in [2.75, 3.05) is 39.8 Å². The SMILES string of the molecule is CCNC(=NCc1ccccc1)NCc1ccc(CN2CCCN(C)CC2)cc1.I. The van der Waals surface area contributed by atoms with Crippen LogP contribution in [0.3, 0.4) is 0 Å². The van der Waals surface area contributed by atoms with E-state index >= 15 is 0 Å². The Balaban J connectivity index is 0.00000320. The summed E-state index contributed by atoms with van der Waals surface area (Å²) in [5.74, 6) is 0.856. The summed E-state index contributed by atoms with van der Waals surface area (Å²) in [7, 11) is 2.22. The van der Waals surface area contributed by atoms with E-state index in [1.807, 2.05) is 6.07 Å². The summed E-state index contributed by atoms with van der Waals surface area (Å²) in [6.07, 6.45) is 1.26. The zero-order valence-corrected chi connectivity index (χ0v) is 20.6. The Kier molecular flexibility index (Phi) is 11.2. The number of guanidine groups is 1. The van der Waals surface area contributed by atoms with Gasteiger partial charge in [-0.05, 0) is 50.2 Å². The van der Waals surface area contributed by atoms with Gasteiger partial charge in [0.05, 0.1) is 6.54 Å². The number of rotatable bonds is 7. The van der Waals surface area contributed by atoms with E-state index in [0.717, 1.165) is 38.7 Å². The lowest BCUT2D eigenvalue weighted by Gasteiger charge is -2.20. The van der Waals surface area contributed by atoms with Gasteiger partial charge in [-0.2, -0.15) is 0 Å². The molecular weight excluding hydrogens is 485 g/mol. The molecule has 0 amide bonds. The van der Waals surface area contributed by atoms with Gasteiger partial charge in [0.15, 0.2) is 5.96 Å². The van der Waals surface area contributed by atoms with Crippen LogP contribution in [0.5, 0.6) is 0 Å². The van der Waals surface area contributed by atoms with Crippen molar-refractivity contribution < 1.29 is 0 Å². The number of halogens is 1. The van der Waals surface area contributed by atoms with Gasteiger partial charge in [0, 0.05) is 32.7 Å². The van der Waals surface area contributed by atoms with Crippen LogP contribution >= 0.6 is 24.0 Å². The van der Waals surface area contributed by atoms with E-state index in [0.29, 0.717) is 6.54 Å². The lowest BCUT2D eigenvalue weighted by Crippen LogP contribution is -2.36. The Hall–Kier alpha value is -1.64. The third kappa shape index (κ3) is 8.62.